The number of fused-ring (bicyclic) bond motifs is 2. The van der Waals surface area contributed by atoms with Crippen molar-refractivity contribution in [1.29, 1.82) is 0 Å². The monoisotopic (exact) mass is 726 g/mol. The topological polar surface area (TPSA) is 118 Å². The van der Waals surface area contributed by atoms with Gasteiger partial charge in [0.05, 0.1) is 0 Å². The van der Waals surface area contributed by atoms with Gasteiger partial charge in [-0.3, -0.25) is 0 Å². The van der Waals surface area contributed by atoms with E-state index in [9.17, 15) is 16.8 Å². The van der Waals surface area contributed by atoms with Gasteiger partial charge in [-0.15, -0.1) is 0 Å². The first-order valence-electron chi connectivity index (χ1n) is 12.6. The summed E-state index contributed by atoms with van der Waals surface area (Å²) in [4.78, 5) is 8.78. The molecule has 2 N–H and O–H groups in total. The summed E-state index contributed by atoms with van der Waals surface area (Å²) in [6.45, 7) is 0. The van der Waals surface area contributed by atoms with Crippen LogP contribution in [0, 0.1) is 0 Å². The van der Waals surface area contributed by atoms with Gasteiger partial charge in [0, 0.05) is 0 Å². The Morgan fingerprint density at radius 1 is 0.476 bits per heavy atom. The molecule has 2 aromatic heterocycles. The standard InChI is InChI=1S/C30H22N4O4S2Se2/c35-39(36,27-9-1-5-21-7-3-19-31-29(21)27)33-23-11-15-25(16-12-23)41-42-26-17-13-24(14-18-26)34-40(37,38)28-10-2-6-22-8-4-20-32-30(22)28/h1-20,33-34H. The molecule has 0 aliphatic heterocycles. The second-order valence-corrected chi connectivity index (χ2v) is 18.7. The SMILES string of the molecule is O=S(=O)(Nc1ccc([Se][Se]c2ccc(NS(=O)(=O)c3cccc4cccnc34)cc2)cc1)c1cccc2cccnc12. The zero-order chi connectivity index (χ0) is 29.2. The summed E-state index contributed by atoms with van der Waals surface area (Å²) in [6.07, 6.45) is 3.16. The molecule has 0 radical (unpaired) electrons. The van der Waals surface area contributed by atoms with Crippen molar-refractivity contribution < 1.29 is 16.8 Å². The van der Waals surface area contributed by atoms with E-state index in [-0.39, 0.29) is 36.1 Å². The van der Waals surface area contributed by atoms with Crippen molar-refractivity contribution in [2.24, 2.45) is 0 Å². The van der Waals surface area contributed by atoms with Gasteiger partial charge in [-0.1, -0.05) is 0 Å². The fourth-order valence-electron chi connectivity index (χ4n) is 4.26. The Bertz CT molecular complexity index is 1960. The van der Waals surface area contributed by atoms with Crippen molar-refractivity contribution in [3.05, 3.63) is 122 Å². The molecular weight excluding hydrogens is 702 g/mol. The molecule has 0 amide bonds. The summed E-state index contributed by atoms with van der Waals surface area (Å²) < 4.78 is 59.9. The van der Waals surface area contributed by atoms with E-state index in [4.69, 9.17) is 0 Å². The normalized spacial score (nSPS) is 11.9. The molecule has 0 saturated heterocycles. The van der Waals surface area contributed by atoms with Gasteiger partial charge in [0.15, 0.2) is 0 Å². The minimum atomic E-state index is -3.81. The van der Waals surface area contributed by atoms with Gasteiger partial charge in [-0.05, 0) is 0 Å². The second kappa shape index (κ2) is 11.9. The molecule has 2 heterocycles. The van der Waals surface area contributed by atoms with Crippen molar-refractivity contribution in [2.45, 2.75) is 9.79 Å². The number of nitrogens with one attached hydrogen (secondary N) is 2. The zero-order valence-corrected chi connectivity index (χ0v) is 26.8. The molecule has 12 heteroatoms. The van der Waals surface area contributed by atoms with Crippen LogP contribution in [-0.4, -0.2) is 53.1 Å². The molecule has 0 unspecified atom stereocenters. The average molecular weight is 725 g/mol. The Labute approximate surface area is 254 Å². The van der Waals surface area contributed by atoms with E-state index in [0.29, 0.717) is 22.4 Å². The molecule has 0 atom stereocenters. The summed E-state index contributed by atoms with van der Waals surface area (Å²) in [6, 6.07) is 32.2. The molecule has 0 aliphatic rings. The number of para-hydroxylation sites is 2. The van der Waals surface area contributed by atoms with E-state index >= 15 is 0 Å². The van der Waals surface area contributed by atoms with Gasteiger partial charge >= 0.3 is 256 Å². The number of benzene rings is 4. The second-order valence-electron chi connectivity index (χ2n) is 9.09. The molecular formula is C30H22N4O4S2Se2. The average Bonchev–Trinajstić information content (AvgIpc) is 3.00. The number of anilines is 2. The molecule has 0 fully saturated rings. The Morgan fingerprint density at radius 3 is 1.26 bits per heavy atom. The third kappa shape index (κ3) is 6.19. The van der Waals surface area contributed by atoms with E-state index < -0.39 is 20.0 Å². The molecule has 42 heavy (non-hydrogen) atoms. The molecule has 210 valence electrons. The predicted octanol–water partition coefficient (Wildman–Crippen LogP) is 3.66. The van der Waals surface area contributed by atoms with Crippen LogP contribution in [0.2, 0.25) is 0 Å². The third-order valence-corrected chi connectivity index (χ3v) is 16.3. The van der Waals surface area contributed by atoms with Crippen LogP contribution < -0.4 is 18.4 Å². The van der Waals surface area contributed by atoms with Gasteiger partial charge in [0.1, 0.15) is 0 Å². The number of hydrogen-bond donors (Lipinski definition) is 2. The minimum absolute atomic E-state index is 0.136. The van der Waals surface area contributed by atoms with Gasteiger partial charge in [-0.2, -0.15) is 0 Å². The van der Waals surface area contributed by atoms with Crippen molar-refractivity contribution in [3.63, 3.8) is 0 Å². The van der Waals surface area contributed by atoms with Crippen LogP contribution in [-0.2, 0) is 20.0 Å². The van der Waals surface area contributed by atoms with Crippen LogP contribution in [0.4, 0.5) is 11.4 Å². The Morgan fingerprint density at radius 2 is 0.857 bits per heavy atom. The number of hydrogen-bond acceptors (Lipinski definition) is 6. The molecule has 6 aromatic rings. The summed E-state index contributed by atoms with van der Waals surface area (Å²) in [7, 11) is -7.62. The first kappa shape index (κ1) is 28.4. The number of rotatable bonds is 9. The predicted molar refractivity (Wildman–Crippen MR) is 169 cm³/mol. The first-order valence-corrected chi connectivity index (χ1v) is 21.6. The molecule has 4 aromatic carbocycles. The van der Waals surface area contributed by atoms with E-state index in [1.807, 2.05) is 48.5 Å². The van der Waals surface area contributed by atoms with Gasteiger partial charge < -0.3 is 0 Å². The van der Waals surface area contributed by atoms with E-state index in [1.54, 1.807) is 73.1 Å². The molecule has 0 spiro atoms. The zero-order valence-electron chi connectivity index (χ0n) is 21.7. The fourth-order valence-corrected chi connectivity index (χ4v) is 12.7. The summed E-state index contributed by atoms with van der Waals surface area (Å²) in [5.74, 6) is 0. The van der Waals surface area contributed by atoms with E-state index in [2.05, 4.69) is 19.4 Å². The van der Waals surface area contributed by atoms with Crippen LogP contribution in [0.5, 0.6) is 0 Å². The quantitative estimate of drug-likeness (QED) is 0.220. The summed E-state index contributed by atoms with van der Waals surface area (Å²) in [5.41, 5.74) is 1.82. The third-order valence-electron chi connectivity index (χ3n) is 6.22. The van der Waals surface area contributed by atoms with Crippen molar-refractivity contribution >= 4 is 88.4 Å². The van der Waals surface area contributed by atoms with E-state index in [1.165, 1.54) is 0 Å². The maximum absolute atomic E-state index is 13.1. The van der Waals surface area contributed by atoms with Crippen LogP contribution >= 0.6 is 0 Å². The summed E-state index contributed by atoms with van der Waals surface area (Å²) in [5, 5.41) is 1.52. The number of aromatic nitrogens is 2. The fraction of sp³-hybridized carbons (Fsp3) is 0. The van der Waals surface area contributed by atoms with Crippen molar-refractivity contribution in [1.82, 2.24) is 9.97 Å². The molecule has 0 bridgehead atoms. The molecule has 0 aliphatic carbocycles. The Hall–Kier alpha value is -3.76. The number of nitrogens with zero attached hydrogens (tertiary/aromatic N) is 2. The van der Waals surface area contributed by atoms with E-state index in [0.717, 1.165) is 19.7 Å². The summed E-state index contributed by atoms with van der Waals surface area (Å²) >= 11 is 0.305. The van der Waals surface area contributed by atoms with Crippen LogP contribution in [0.15, 0.2) is 131 Å². The van der Waals surface area contributed by atoms with Gasteiger partial charge in [0.25, 0.3) is 0 Å². The number of sulfonamides is 2. The van der Waals surface area contributed by atoms with Crippen molar-refractivity contribution in [2.75, 3.05) is 9.44 Å². The number of pyridine rings is 2. The first-order chi connectivity index (χ1) is 20.3. The molecule has 0 saturated carbocycles. The van der Waals surface area contributed by atoms with Gasteiger partial charge in [0.2, 0.25) is 0 Å². The molecule has 6 rings (SSSR count). The van der Waals surface area contributed by atoms with Crippen LogP contribution in [0.1, 0.15) is 0 Å². The maximum atomic E-state index is 13.1. The Kier molecular flexibility index (Phi) is 8.00. The van der Waals surface area contributed by atoms with Crippen LogP contribution in [0.3, 0.4) is 0 Å². The van der Waals surface area contributed by atoms with Crippen molar-refractivity contribution in [3.8, 4) is 0 Å². The Balaban J connectivity index is 1.09. The van der Waals surface area contributed by atoms with Gasteiger partial charge in [-0.25, -0.2) is 0 Å². The van der Waals surface area contributed by atoms with Crippen LogP contribution in [0.25, 0.3) is 21.8 Å². The molecule has 8 nitrogen and oxygen atoms in total.